The summed E-state index contributed by atoms with van der Waals surface area (Å²) in [7, 11) is 0. The molecule has 0 aliphatic heterocycles. The molecule has 18 heavy (non-hydrogen) atoms. The minimum Gasteiger partial charge on any atom is -0.494 e. The molecule has 0 unspecified atom stereocenters. The summed E-state index contributed by atoms with van der Waals surface area (Å²) in [6, 6.07) is 8.18. The molecule has 0 saturated heterocycles. The normalized spacial score (nSPS) is 10.3. The molecule has 1 heterocycles. The lowest BCUT2D eigenvalue weighted by molar-refractivity contribution is 0.317. The van der Waals surface area contributed by atoms with Crippen molar-refractivity contribution in [3.8, 4) is 16.2 Å². The zero-order valence-corrected chi connectivity index (χ0v) is 11.6. The van der Waals surface area contributed by atoms with Crippen LogP contribution in [0, 0.1) is 0 Å². The van der Waals surface area contributed by atoms with Gasteiger partial charge in [-0.3, -0.25) is 0 Å². The molecule has 0 atom stereocenters. The van der Waals surface area contributed by atoms with Crippen molar-refractivity contribution in [3.05, 3.63) is 30.5 Å². The Morgan fingerprint density at radius 3 is 2.67 bits per heavy atom. The monoisotopic (exact) mass is 262 g/mol. The van der Waals surface area contributed by atoms with E-state index in [-0.39, 0.29) is 0 Å². The number of benzene rings is 1. The molecule has 1 N–H and O–H groups in total. The van der Waals surface area contributed by atoms with E-state index in [1.165, 1.54) is 10.4 Å². The molecule has 0 bridgehead atoms. The van der Waals surface area contributed by atoms with Crippen molar-refractivity contribution in [1.82, 2.24) is 4.98 Å². The maximum absolute atomic E-state index is 5.57. The highest BCUT2D eigenvalue weighted by atomic mass is 32.1. The van der Waals surface area contributed by atoms with Gasteiger partial charge in [-0.05, 0) is 43.2 Å². The van der Waals surface area contributed by atoms with Crippen LogP contribution in [0.1, 0.15) is 20.3 Å². The Kier molecular flexibility index (Phi) is 4.59. The van der Waals surface area contributed by atoms with Gasteiger partial charge < -0.3 is 10.1 Å². The van der Waals surface area contributed by atoms with Gasteiger partial charge >= 0.3 is 0 Å². The lowest BCUT2D eigenvalue weighted by atomic mass is 10.2. The van der Waals surface area contributed by atoms with Crippen LogP contribution >= 0.6 is 11.3 Å². The Bertz CT molecular complexity index is 479. The van der Waals surface area contributed by atoms with Gasteiger partial charge in [0.05, 0.1) is 11.5 Å². The van der Waals surface area contributed by atoms with E-state index >= 15 is 0 Å². The molecule has 3 nitrogen and oxygen atoms in total. The van der Waals surface area contributed by atoms with Gasteiger partial charge in [0.25, 0.3) is 0 Å². The Balaban J connectivity index is 2.07. The van der Waals surface area contributed by atoms with E-state index in [4.69, 9.17) is 4.74 Å². The van der Waals surface area contributed by atoms with Crippen LogP contribution in [0.3, 0.4) is 0 Å². The van der Waals surface area contributed by atoms with Crippen LogP contribution < -0.4 is 10.1 Å². The standard InChI is InChI=1S/C14H18N2OS/c1-3-9-17-12-7-5-11(6-8-12)13-10-16-14(18-13)15-4-2/h5-8,10H,3-4,9H2,1-2H3,(H,15,16). The molecular formula is C14H18N2OS. The van der Waals surface area contributed by atoms with Crippen LogP contribution in [-0.4, -0.2) is 18.1 Å². The van der Waals surface area contributed by atoms with Crippen molar-refractivity contribution in [2.45, 2.75) is 20.3 Å². The van der Waals surface area contributed by atoms with Gasteiger partial charge in [0.15, 0.2) is 5.13 Å². The van der Waals surface area contributed by atoms with Gasteiger partial charge in [-0.15, -0.1) is 0 Å². The molecule has 0 amide bonds. The summed E-state index contributed by atoms with van der Waals surface area (Å²) >= 11 is 1.67. The van der Waals surface area contributed by atoms with Gasteiger partial charge in [0, 0.05) is 12.7 Å². The molecule has 0 aliphatic rings. The number of nitrogens with one attached hydrogen (secondary N) is 1. The number of aromatic nitrogens is 1. The molecule has 4 heteroatoms. The first-order chi connectivity index (χ1) is 8.83. The van der Waals surface area contributed by atoms with Crippen molar-refractivity contribution in [3.63, 3.8) is 0 Å². The molecular weight excluding hydrogens is 244 g/mol. The molecule has 0 fully saturated rings. The minimum atomic E-state index is 0.768. The van der Waals surface area contributed by atoms with Crippen LogP contribution in [0.5, 0.6) is 5.75 Å². The number of rotatable bonds is 6. The molecule has 96 valence electrons. The number of thiazole rings is 1. The zero-order valence-electron chi connectivity index (χ0n) is 10.8. The van der Waals surface area contributed by atoms with Crippen molar-refractivity contribution in [2.75, 3.05) is 18.5 Å². The highest BCUT2D eigenvalue weighted by Crippen LogP contribution is 2.29. The van der Waals surface area contributed by atoms with E-state index in [0.717, 1.165) is 30.5 Å². The average Bonchev–Trinajstić information content (AvgIpc) is 2.86. The maximum Gasteiger partial charge on any atom is 0.183 e. The van der Waals surface area contributed by atoms with Crippen molar-refractivity contribution in [2.24, 2.45) is 0 Å². The van der Waals surface area contributed by atoms with Crippen LogP contribution in [0.25, 0.3) is 10.4 Å². The lowest BCUT2D eigenvalue weighted by Crippen LogP contribution is -1.94. The SMILES string of the molecule is CCCOc1ccc(-c2cnc(NCC)s2)cc1. The van der Waals surface area contributed by atoms with Gasteiger partial charge in [-0.2, -0.15) is 0 Å². The summed E-state index contributed by atoms with van der Waals surface area (Å²) in [6.45, 7) is 5.84. The smallest absolute Gasteiger partial charge is 0.183 e. The third-order valence-corrected chi connectivity index (χ3v) is 3.45. The molecule has 0 radical (unpaired) electrons. The molecule has 0 spiro atoms. The fraction of sp³-hybridized carbons (Fsp3) is 0.357. The molecule has 2 rings (SSSR count). The van der Waals surface area contributed by atoms with E-state index in [1.54, 1.807) is 11.3 Å². The van der Waals surface area contributed by atoms with Crippen molar-refractivity contribution >= 4 is 16.5 Å². The first kappa shape index (κ1) is 12.9. The molecule has 1 aromatic heterocycles. The van der Waals surface area contributed by atoms with E-state index in [2.05, 4.69) is 36.3 Å². The predicted molar refractivity (Wildman–Crippen MR) is 77.5 cm³/mol. The van der Waals surface area contributed by atoms with E-state index in [1.807, 2.05) is 18.3 Å². The van der Waals surface area contributed by atoms with E-state index in [9.17, 15) is 0 Å². The van der Waals surface area contributed by atoms with Crippen LogP contribution in [0.2, 0.25) is 0 Å². The van der Waals surface area contributed by atoms with Crippen LogP contribution in [-0.2, 0) is 0 Å². The summed E-state index contributed by atoms with van der Waals surface area (Å²) in [6.07, 6.45) is 2.94. The second-order valence-electron chi connectivity index (χ2n) is 3.93. The van der Waals surface area contributed by atoms with Gasteiger partial charge in [-0.25, -0.2) is 4.98 Å². The number of anilines is 1. The number of ether oxygens (including phenoxy) is 1. The summed E-state index contributed by atoms with van der Waals surface area (Å²) in [4.78, 5) is 5.50. The summed E-state index contributed by atoms with van der Waals surface area (Å²) in [5.74, 6) is 0.928. The number of hydrogen-bond acceptors (Lipinski definition) is 4. The van der Waals surface area contributed by atoms with Crippen molar-refractivity contribution < 1.29 is 4.74 Å². The Morgan fingerprint density at radius 1 is 1.22 bits per heavy atom. The summed E-state index contributed by atoms with van der Waals surface area (Å²) in [5.41, 5.74) is 1.18. The third kappa shape index (κ3) is 3.23. The minimum absolute atomic E-state index is 0.768. The number of hydrogen-bond donors (Lipinski definition) is 1. The Hall–Kier alpha value is -1.55. The van der Waals surface area contributed by atoms with E-state index < -0.39 is 0 Å². The third-order valence-electron chi connectivity index (χ3n) is 2.45. The molecule has 1 aromatic carbocycles. The highest BCUT2D eigenvalue weighted by molar-refractivity contribution is 7.18. The Labute approximate surface area is 112 Å². The van der Waals surface area contributed by atoms with Gasteiger partial charge in [0.2, 0.25) is 0 Å². The Morgan fingerprint density at radius 2 is 2.00 bits per heavy atom. The summed E-state index contributed by atoms with van der Waals surface area (Å²) in [5, 5.41) is 4.19. The second-order valence-corrected chi connectivity index (χ2v) is 4.96. The number of nitrogens with zero attached hydrogens (tertiary/aromatic N) is 1. The van der Waals surface area contributed by atoms with Crippen LogP contribution in [0.15, 0.2) is 30.5 Å². The molecule has 0 aliphatic carbocycles. The quantitative estimate of drug-likeness (QED) is 0.853. The molecule has 2 aromatic rings. The van der Waals surface area contributed by atoms with E-state index in [0.29, 0.717) is 0 Å². The zero-order chi connectivity index (χ0) is 12.8. The average molecular weight is 262 g/mol. The largest absolute Gasteiger partial charge is 0.494 e. The topological polar surface area (TPSA) is 34.1 Å². The van der Waals surface area contributed by atoms with Gasteiger partial charge in [0.1, 0.15) is 5.75 Å². The lowest BCUT2D eigenvalue weighted by Gasteiger charge is -2.04. The highest BCUT2D eigenvalue weighted by Gasteiger charge is 2.03. The fourth-order valence-electron chi connectivity index (χ4n) is 1.58. The first-order valence-electron chi connectivity index (χ1n) is 6.26. The van der Waals surface area contributed by atoms with Crippen LogP contribution in [0.4, 0.5) is 5.13 Å². The van der Waals surface area contributed by atoms with Crippen molar-refractivity contribution in [1.29, 1.82) is 0 Å². The maximum atomic E-state index is 5.57. The molecule has 0 saturated carbocycles. The first-order valence-corrected chi connectivity index (χ1v) is 7.08. The van der Waals surface area contributed by atoms with Gasteiger partial charge in [-0.1, -0.05) is 18.3 Å². The second kappa shape index (κ2) is 6.40. The fourth-order valence-corrected chi connectivity index (χ4v) is 2.47. The predicted octanol–water partition coefficient (Wildman–Crippen LogP) is 4.03. The summed E-state index contributed by atoms with van der Waals surface area (Å²) < 4.78 is 5.57.